The lowest BCUT2D eigenvalue weighted by Crippen LogP contribution is -2.21. The molecule has 2 aromatic heterocycles. The molecule has 0 aliphatic carbocycles. The number of hydrogen-bond acceptors (Lipinski definition) is 4. The Labute approximate surface area is 142 Å². The van der Waals surface area contributed by atoms with Crippen LogP contribution in [0.25, 0.3) is 11.2 Å². The Morgan fingerprint density at radius 3 is 2.52 bits per heavy atom. The maximum absolute atomic E-state index is 13.8. The first-order valence-electron chi connectivity index (χ1n) is 7.78. The van der Waals surface area contributed by atoms with Crippen LogP contribution in [0.3, 0.4) is 0 Å². The number of benzene rings is 2. The van der Waals surface area contributed by atoms with Gasteiger partial charge in [0, 0.05) is 5.56 Å². The fourth-order valence-electron chi connectivity index (χ4n) is 2.67. The van der Waals surface area contributed by atoms with E-state index in [1.54, 1.807) is 18.2 Å². The summed E-state index contributed by atoms with van der Waals surface area (Å²) in [5, 5.41) is 7.91. The Balaban J connectivity index is 1.70. The van der Waals surface area contributed by atoms with E-state index in [0.717, 1.165) is 5.56 Å². The lowest BCUT2D eigenvalue weighted by atomic mass is 10.2. The second kappa shape index (κ2) is 6.27. The van der Waals surface area contributed by atoms with Crippen LogP contribution in [0.2, 0.25) is 0 Å². The van der Waals surface area contributed by atoms with Crippen LogP contribution < -0.4 is 5.56 Å². The van der Waals surface area contributed by atoms with Crippen LogP contribution in [-0.4, -0.2) is 24.5 Å². The summed E-state index contributed by atoms with van der Waals surface area (Å²) in [6, 6.07) is 16.0. The molecule has 6 nitrogen and oxygen atoms in total. The average molecular weight is 335 g/mol. The average Bonchev–Trinajstić information content (AvgIpc) is 3.04. The largest absolute Gasteiger partial charge is 0.293 e. The molecule has 4 rings (SSSR count). The number of hydrogen-bond donors (Lipinski definition) is 0. The zero-order valence-corrected chi connectivity index (χ0v) is 13.2. The molecule has 4 aromatic rings. The first kappa shape index (κ1) is 15.2. The Morgan fingerprint density at radius 1 is 0.960 bits per heavy atom. The molecule has 0 saturated heterocycles. The van der Waals surface area contributed by atoms with Gasteiger partial charge in [-0.05, 0) is 11.6 Å². The second-order valence-corrected chi connectivity index (χ2v) is 5.67. The van der Waals surface area contributed by atoms with E-state index in [1.807, 2.05) is 30.3 Å². The summed E-state index contributed by atoms with van der Waals surface area (Å²) in [7, 11) is 0. The van der Waals surface area contributed by atoms with Crippen molar-refractivity contribution < 1.29 is 4.39 Å². The summed E-state index contributed by atoms with van der Waals surface area (Å²) in [5.74, 6) is -0.330. The van der Waals surface area contributed by atoms with Gasteiger partial charge in [0.25, 0.3) is 5.56 Å². The van der Waals surface area contributed by atoms with Crippen molar-refractivity contribution in [3.05, 3.63) is 88.2 Å². The van der Waals surface area contributed by atoms with Crippen LogP contribution in [0.1, 0.15) is 11.1 Å². The minimum Gasteiger partial charge on any atom is -0.293 e. The first-order valence-corrected chi connectivity index (χ1v) is 7.78. The van der Waals surface area contributed by atoms with E-state index in [-0.39, 0.29) is 23.4 Å². The van der Waals surface area contributed by atoms with Crippen molar-refractivity contribution in [2.24, 2.45) is 0 Å². The molecule has 2 aromatic carbocycles. The predicted octanol–water partition coefficient (Wildman–Crippen LogP) is 2.22. The maximum atomic E-state index is 13.8. The fraction of sp³-hybridized carbons (Fsp3) is 0.111. The van der Waals surface area contributed by atoms with E-state index in [1.165, 1.54) is 21.6 Å². The maximum Gasteiger partial charge on any atom is 0.283 e. The molecule has 0 radical (unpaired) electrons. The zero-order valence-electron chi connectivity index (χ0n) is 13.2. The Morgan fingerprint density at radius 2 is 1.72 bits per heavy atom. The van der Waals surface area contributed by atoms with E-state index in [4.69, 9.17) is 0 Å². The van der Waals surface area contributed by atoms with E-state index >= 15 is 0 Å². The highest BCUT2D eigenvalue weighted by Gasteiger charge is 2.13. The topological polar surface area (TPSA) is 65.6 Å². The number of fused-ring (bicyclic) bond motifs is 1. The van der Waals surface area contributed by atoms with Crippen molar-refractivity contribution in [3.63, 3.8) is 0 Å². The van der Waals surface area contributed by atoms with Gasteiger partial charge < -0.3 is 0 Å². The van der Waals surface area contributed by atoms with Gasteiger partial charge in [0.15, 0.2) is 11.2 Å². The third kappa shape index (κ3) is 2.91. The number of rotatable bonds is 4. The smallest absolute Gasteiger partial charge is 0.283 e. The monoisotopic (exact) mass is 335 g/mol. The minimum absolute atomic E-state index is 0.165. The SMILES string of the molecule is O=c1c2nnn(Cc3ccccc3F)c2ncn1Cc1ccccc1. The summed E-state index contributed by atoms with van der Waals surface area (Å²) in [6.45, 7) is 0.571. The van der Waals surface area contributed by atoms with Crippen molar-refractivity contribution in [2.75, 3.05) is 0 Å². The number of aromatic nitrogens is 5. The first-order chi connectivity index (χ1) is 12.2. The summed E-state index contributed by atoms with van der Waals surface area (Å²) in [5.41, 5.74) is 1.70. The van der Waals surface area contributed by atoms with Crippen LogP contribution >= 0.6 is 0 Å². The Bertz CT molecular complexity index is 1090. The fourth-order valence-corrected chi connectivity index (χ4v) is 2.67. The second-order valence-electron chi connectivity index (χ2n) is 5.67. The van der Waals surface area contributed by atoms with Gasteiger partial charge >= 0.3 is 0 Å². The molecule has 0 N–H and O–H groups in total. The Kier molecular flexibility index (Phi) is 3.81. The zero-order chi connectivity index (χ0) is 17.2. The summed E-state index contributed by atoms with van der Waals surface area (Å²) < 4.78 is 16.7. The van der Waals surface area contributed by atoms with Gasteiger partial charge in [0.1, 0.15) is 12.1 Å². The summed E-state index contributed by atoms with van der Waals surface area (Å²) in [4.78, 5) is 16.9. The van der Waals surface area contributed by atoms with Crippen molar-refractivity contribution in [1.29, 1.82) is 0 Å². The number of nitrogens with zero attached hydrogens (tertiary/aromatic N) is 5. The van der Waals surface area contributed by atoms with Gasteiger partial charge in [-0.3, -0.25) is 9.36 Å². The molecule has 0 saturated carbocycles. The molecule has 0 atom stereocenters. The van der Waals surface area contributed by atoms with E-state index in [0.29, 0.717) is 17.8 Å². The Hall–Kier alpha value is -3.35. The van der Waals surface area contributed by atoms with Gasteiger partial charge in [-0.15, -0.1) is 5.10 Å². The quantitative estimate of drug-likeness (QED) is 0.574. The normalized spacial score (nSPS) is 11.1. The van der Waals surface area contributed by atoms with E-state index in [2.05, 4.69) is 15.3 Å². The molecule has 0 fully saturated rings. The van der Waals surface area contributed by atoms with Gasteiger partial charge in [0.2, 0.25) is 0 Å². The summed E-state index contributed by atoms with van der Waals surface area (Å²) in [6.07, 6.45) is 1.47. The van der Waals surface area contributed by atoms with Gasteiger partial charge in [-0.25, -0.2) is 14.1 Å². The van der Waals surface area contributed by atoms with Crippen molar-refractivity contribution in [3.8, 4) is 0 Å². The molecule has 0 aliphatic rings. The van der Waals surface area contributed by atoms with Crippen LogP contribution in [0.15, 0.2) is 65.7 Å². The lowest BCUT2D eigenvalue weighted by Gasteiger charge is -2.06. The van der Waals surface area contributed by atoms with Gasteiger partial charge in [-0.1, -0.05) is 53.7 Å². The molecule has 0 unspecified atom stereocenters. The molecule has 124 valence electrons. The third-order valence-corrected chi connectivity index (χ3v) is 3.97. The lowest BCUT2D eigenvalue weighted by molar-refractivity contribution is 0.582. The molecule has 7 heteroatoms. The van der Waals surface area contributed by atoms with E-state index in [9.17, 15) is 9.18 Å². The molecule has 0 spiro atoms. The van der Waals surface area contributed by atoms with Crippen LogP contribution in [-0.2, 0) is 13.1 Å². The summed E-state index contributed by atoms with van der Waals surface area (Å²) >= 11 is 0. The molecular formula is C18H14FN5O. The van der Waals surface area contributed by atoms with E-state index < -0.39 is 0 Å². The highest BCUT2D eigenvalue weighted by Crippen LogP contribution is 2.11. The number of halogens is 1. The standard InChI is InChI=1S/C18H14FN5O/c19-15-9-5-4-8-14(15)11-24-17-16(21-22-24)18(25)23(12-20-17)10-13-6-2-1-3-7-13/h1-9,12H,10-11H2. The van der Waals surface area contributed by atoms with Crippen LogP contribution in [0.5, 0.6) is 0 Å². The van der Waals surface area contributed by atoms with Crippen LogP contribution in [0.4, 0.5) is 4.39 Å². The molecule has 25 heavy (non-hydrogen) atoms. The third-order valence-electron chi connectivity index (χ3n) is 3.97. The van der Waals surface area contributed by atoms with Crippen molar-refractivity contribution >= 4 is 11.2 Å². The molecule has 0 aliphatic heterocycles. The van der Waals surface area contributed by atoms with Gasteiger partial charge in [-0.2, -0.15) is 0 Å². The molecule has 0 amide bonds. The van der Waals surface area contributed by atoms with Gasteiger partial charge in [0.05, 0.1) is 13.1 Å². The molecule has 0 bridgehead atoms. The van der Waals surface area contributed by atoms with Crippen LogP contribution in [0, 0.1) is 5.82 Å². The molecule has 2 heterocycles. The van der Waals surface area contributed by atoms with Crippen molar-refractivity contribution in [1.82, 2.24) is 24.5 Å². The predicted molar refractivity (Wildman–Crippen MR) is 90.6 cm³/mol. The highest BCUT2D eigenvalue weighted by molar-refractivity contribution is 5.67. The minimum atomic E-state index is -0.330. The molecular weight excluding hydrogens is 321 g/mol. The van der Waals surface area contributed by atoms with Crippen molar-refractivity contribution in [2.45, 2.75) is 13.1 Å². The highest BCUT2D eigenvalue weighted by atomic mass is 19.1.